The third kappa shape index (κ3) is 2.10. The van der Waals surface area contributed by atoms with E-state index in [-0.39, 0.29) is 0 Å². The lowest BCUT2D eigenvalue weighted by Crippen LogP contribution is -2.32. The van der Waals surface area contributed by atoms with Crippen LogP contribution in [-0.4, -0.2) is 22.1 Å². The second-order valence-corrected chi connectivity index (χ2v) is 2.84. The quantitative estimate of drug-likeness (QED) is 0.606. The molecule has 0 fully saturated rings. The van der Waals surface area contributed by atoms with Crippen LogP contribution in [0.4, 0.5) is 0 Å². The van der Waals surface area contributed by atoms with Crippen LogP contribution >= 0.6 is 0 Å². The molecular formula is C8H12N2O2. The van der Waals surface area contributed by atoms with Gasteiger partial charge in [-0.05, 0) is 25.0 Å². The molecule has 0 aromatic carbocycles. The normalized spacial score (nSPS) is 12.8. The molecule has 1 atom stereocenters. The summed E-state index contributed by atoms with van der Waals surface area (Å²) in [5, 5.41) is 8.51. The van der Waals surface area contributed by atoms with Gasteiger partial charge in [0.05, 0.1) is 0 Å². The molecule has 0 aliphatic heterocycles. The van der Waals surface area contributed by atoms with Gasteiger partial charge >= 0.3 is 5.97 Å². The van der Waals surface area contributed by atoms with Gasteiger partial charge in [0.25, 0.3) is 0 Å². The van der Waals surface area contributed by atoms with Crippen LogP contribution in [0, 0.1) is 6.92 Å². The van der Waals surface area contributed by atoms with Crippen LogP contribution in [0.1, 0.15) is 11.3 Å². The monoisotopic (exact) mass is 168 g/mol. The third-order valence-electron chi connectivity index (χ3n) is 1.66. The molecule has 0 spiro atoms. The van der Waals surface area contributed by atoms with Gasteiger partial charge in [-0.1, -0.05) is 0 Å². The Bertz CT molecular complexity index is 280. The van der Waals surface area contributed by atoms with Crippen LogP contribution in [0.15, 0.2) is 12.3 Å². The van der Waals surface area contributed by atoms with Gasteiger partial charge in [0.2, 0.25) is 0 Å². The largest absolute Gasteiger partial charge is 0.480 e. The molecule has 4 heteroatoms. The van der Waals surface area contributed by atoms with Gasteiger partial charge in [-0.3, -0.25) is 4.79 Å². The number of nitrogens with two attached hydrogens (primary N) is 1. The lowest BCUT2D eigenvalue weighted by Gasteiger charge is -2.02. The lowest BCUT2D eigenvalue weighted by molar-refractivity contribution is -0.138. The molecule has 0 radical (unpaired) electrons. The molecule has 1 unspecified atom stereocenters. The van der Waals surface area contributed by atoms with E-state index >= 15 is 0 Å². The molecule has 0 amide bonds. The maximum atomic E-state index is 10.4. The Morgan fingerprint density at radius 2 is 2.50 bits per heavy atom. The number of hydrogen-bond acceptors (Lipinski definition) is 2. The lowest BCUT2D eigenvalue weighted by atomic mass is 10.1. The van der Waals surface area contributed by atoms with Gasteiger partial charge in [-0.15, -0.1) is 0 Å². The Hall–Kier alpha value is -1.29. The summed E-state index contributed by atoms with van der Waals surface area (Å²) in [5.74, 6) is -0.964. The van der Waals surface area contributed by atoms with Crippen molar-refractivity contribution in [1.29, 1.82) is 0 Å². The number of carbonyl (C=O) groups is 1. The van der Waals surface area contributed by atoms with Crippen molar-refractivity contribution < 1.29 is 9.90 Å². The minimum absolute atomic E-state index is 0.375. The Labute approximate surface area is 70.4 Å². The van der Waals surface area contributed by atoms with Gasteiger partial charge in [0.1, 0.15) is 6.04 Å². The second-order valence-electron chi connectivity index (χ2n) is 2.84. The summed E-state index contributed by atoms with van der Waals surface area (Å²) >= 11 is 0. The number of aliphatic carboxylic acids is 1. The first-order valence-electron chi connectivity index (χ1n) is 3.72. The van der Waals surface area contributed by atoms with Crippen LogP contribution in [0.5, 0.6) is 0 Å². The molecule has 66 valence electrons. The fourth-order valence-electron chi connectivity index (χ4n) is 1.03. The van der Waals surface area contributed by atoms with Gasteiger partial charge in [-0.2, -0.15) is 0 Å². The number of aryl methyl sites for hydroxylation is 1. The van der Waals surface area contributed by atoms with Crippen LogP contribution in [-0.2, 0) is 11.2 Å². The van der Waals surface area contributed by atoms with Crippen LogP contribution in [0.25, 0.3) is 0 Å². The minimum atomic E-state index is -0.964. The second kappa shape index (κ2) is 3.40. The Balaban J connectivity index is 2.58. The predicted octanol–water partition coefficient (Wildman–Crippen LogP) is 0.278. The fourth-order valence-corrected chi connectivity index (χ4v) is 1.03. The Morgan fingerprint density at radius 3 is 2.92 bits per heavy atom. The first kappa shape index (κ1) is 8.80. The van der Waals surface area contributed by atoms with E-state index in [0.717, 1.165) is 11.3 Å². The van der Waals surface area contributed by atoms with Crippen molar-refractivity contribution in [2.45, 2.75) is 19.4 Å². The Kier molecular flexibility index (Phi) is 2.50. The van der Waals surface area contributed by atoms with Crippen molar-refractivity contribution in [1.82, 2.24) is 4.98 Å². The molecule has 0 aliphatic carbocycles. The number of nitrogens with one attached hydrogen (secondary N) is 1. The molecule has 4 nitrogen and oxygen atoms in total. The zero-order valence-corrected chi connectivity index (χ0v) is 6.87. The summed E-state index contributed by atoms with van der Waals surface area (Å²) in [4.78, 5) is 13.3. The van der Waals surface area contributed by atoms with Gasteiger partial charge in [0.15, 0.2) is 0 Å². The van der Waals surface area contributed by atoms with Gasteiger partial charge < -0.3 is 15.8 Å². The average molecular weight is 168 g/mol. The number of aromatic amines is 1. The van der Waals surface area contributed by atoms with E-state index in [1.165, 1.54) is 0 Å². The highest BCUT2D eigenvalue weighted by atomic mass is 16.4. The molecule has 4 N–H and O–H groups in total. The van der Waals surface area contributed by atoms with E-state index in [2.05, 4.69) is 4.98 Å². The maximum absolute atomic E-state index is 10.4. The number of rotatable bonds is 3. The van der Waals surface area contributed by atoms with Crippen molar-refractivity contribution in [3.63, 3.8) is 0 Å². The van der Waals surface area contributed by atoms with Gasteiger partial charge in [0, 0.05) is 11.9 Å². The SMILES string of the molecule is Cc1cc(CC(N)C(=O)O)c[nH]1. The smallest absolute Gasteiger partial charge is 0.320 e. The fraction of sp³-hybridized carbons (Fsp3) is 0.375. The molecule has 12 heavy (non-hydrogen) atoms. The summed E-state index contributed by atoms with van der Waals surface area (Å²) in [6.07, 6.45) is 2.15. The van der Waals surface area contributed by atoms with E-state index in [1.807, 2.05) is 13.0 Å². The van der Waals surface area contributed by atoms with E-state index < -0.39 is 12.0 Å². The topological polar surface area (TPSA) is 79.1 Å². The highest BCUT2D eigenvalue weighted by Crippen LogP contribution is 2.04. The van der Waals surface area contributed by atoms with Gasteiger partial charge in [-0.25, -0.2) is 0 Å². The van der Waals surface area contributed by atoms with Crippen LogP contribution < -0.4 is 5.73 Å². The van der Waals surface area contributed by atoms with Crippen molar-refractivity contribution in [3.05, 3.63) is 23.5 Å². The van der Waals surface area contributed by atoms with Crippen molar-refractivity contribution in [2.75, 3.05) is 0 Å². The zero-order chi connectivity index (χ0) is 9.14. The molecule has 0 aliphatic rings. The minimum Gasteiger partial charge on any atom is -0.480 e. The number of hydrogen-bond donors (Lipinski definition) is 3. The summed E-state index contributed by atoms with van der Waals surface area (Å²) in [6, 6.07) is 1.09. The molecule has 1 aromatic heterocycles. The average Bonchev–Trinajstić information content (AvgIpc) is 2.35. The van der Waals surface area contributed by atoms with E-state index in [0.29, 0.717) is 6.42 Å². The van der Waals surface area contributed by atoms with Crippen LogP contribution in [0.2, 0.25) is 0 Å². The first-order chi connectivity index (χ1) is 5.59. The van der Waals surface area contributed by atoms with Crippen molar-refractivity contribution in [3.8, 4) is 0 Å². The maximum Gasteiger partial charge on any atom is 0.320 e. The van der Waals surface area contributed by atoms with E-state index in [1.54, 1.807) is 6.20 Å². The van der Waals surface area contributed by atoms with Crippen molar-refractivity contribution in [2.24, 2.45) is 5.73 Å². The summed E-state index contributed by atoms with van der Waals surface area (Å²) in [7, 11) is 0. The summed E-state index contributed by atoms with van der Waals surface area (Å²) < 4.78 is 0. The standard InChI is InChI=1S/C8H12N2O2/c1-5-2-6(4-10-5)3-7(9)8(11)12/h2,4,7,10H,3,9H2,1H3,(H,11,12). The summed E-state index contributed by atoms with van der Waals surface area (Å²) in [5.41, 5.74) is 7.29. The molecule has 1 aromatic rings. The Morgan fingerprint density at radius 1 is 1.83 bits per heavy atom. The molecule has 0 saturated carbocycles. The summed E-state index contributed by atoms with van der Waals surface area (Å²) in [6.45, 7) is 1.91. The van der Waals surface area contributed by atoms with E-state index in [9.17, 15) is 4.79 Å². The number of carboxylic acids is 1. The molecule has 1 heterocycles. The number of aromatic nitrogens is 1. The molecular weight excluding hydrogens is 156 g/mol. The highest BCUT2D eigenvalue weighted by Gasteiger charge is 2.12. The third-order valence-corrected chi connectivity index (χ3v) is 1.66. The molecule has 0 bridgehead atoms. The predicted molar refractivity (Wildman–Crippen MR) is 44.8 cm³/mol. The molecule has 1 rings (SSSR count). The first-order valence-corrected chi connectivity index (χ1v) is 3.72. The van der Waals surface area contributed by atoms with Crippen LogP contribution in [0.3, 0.4) is 0 Å². The van der Waals surface area contributed by atoms with Crippen molar-refractivity contribution >= 4 is 5.97 Å². The van der Waals surface area contributed by atoms with E-state index in [4.69, 9.17) is 10.8 Å². The molecule has 0 saturated heterocycles. The highest BCUT2D eigenvalue weighted by molar-refractivity contribution is 5.73. The zero-order valence-electron chi connectivity index (χ0n) is 6.87. The number of carboxylic acid groups (broad SMARTS) is 1. The number of H-pyrrole nitrogens is 1.